The van der Waals surface area contributed by atoms with Gasteiger partial charge in [-0.2, -0.15) is 0 Å². The van der Waals surface area contributed by atoms with Crippen molar-refractivity contribution in [3.8, 4) is 0 Å². The van der Waals surface area contributed by atoms with Gasteiger partial charge in [0.15, 0.2) is 0 Å². The van der Waals surface area contributed by atoms with Gasteiger partial charge in [0.05, 0.1) is 30.9 Å². The normalized spacial score (nSPS) is 21.5. The molecule has 0 saturated carbocycles. The molecule has 1 aliphatic rings. The van der Waals surface area contributed by atoms with Crippen molar-refractivity contribution in [3.05, 3.63) is 16.0 Å². The number of hydrogen-bond donors (Lipinski definition) is 1. The Bertz CT molecular complexity index is 604. The highest BCUT2D eigenvalue weighted by molar-refractivity contribution is 7.16. The minimum atomic E-state index is -0.386. The van der Waals surface area contributed by atoms with Crippen LogP contribution in [0, 0.1) is 13.8 Å². The Kier molecular flexibility index (Phi) is 6.37. The monoisotopic (exact) mass is 354 g/mol. The van der Waals surface area contributed by atoms with E-state index in [-0.39, 0.29) is 30.6 Å². The van der Waals surface area contributed by atoms with E-state index < -0.39 is 0 Å². The van der Waals surface area contributed by atoms with Crippen LogP contribution < -0.4 is 5.32 Å². The highest BCUT2D eigenvalue weighted by Crippen LogP contribution is 2.33. The Morgan fingerprint density at radius 1 is 1.29 bits per heavy atom. The van der Waals surface area contributed by atoms with Crippen LogP contribution in [-0.4, -0.2) is 55.2 Å². The number of nitrogens with zero attached hydrogens (tertiary/aromatic N) is 1. The van der Waals surface area contributed by atoms with E-state index in [0.29, 0.717) is 17.2 Å². The molecule has 1 aliphatic heterocycles. The van der Waals surface area contributed by atoms with Gasteiger partial charge in [0.25, 0.3) is 0 Å². The maximum absolute atomic E-state index is 12.4. The fraction of sp³-hybridized carbons (Fsp3) is 0.647. The topological polar surface area (TPSA) is 67.9 Å². The van der Waals surface area contributed by atoms with E-state index >= 15 is 0 Å². The van der Waals surface area contributed by atoms with Crippen molar-refractivity contribution < 1.29 is 19.1 Å². The summed E-state index contributed by atoms with van der Waals surface area (Å²) in [5.41, 5.74) is 1.33. The van der Waals surface area contributed by atoms with Crippen LogP contribution >= 0.6 is 11.3 Å². The van der Waals surface area contributed by atoms with Gasteiger partial charge in [-0.05, 0) is 40.2 Å². The second kappa shape index (κ2) is 8.09. The summed E-state index contributed by atoms with van der Waals surface area (Å²) in [6.07, 6.45) is 0.228. The average molecular weight is 354 g/mol. The number of thiophene rings is 1. The van der Waals surface area contributed by atoms with E-state index in [0.717, 1.165) is 23.5 Å². The molecule has 0 spiro atoms. The number of anilines is 1. The van der Waals surface area contributed by atoms with Crippen LogP contribution in [0.25, 0.3) is 0 Å². The van der Waals surface area contributed by atoms with Gasteiger partial charge in [0.2, 0.25) is 5.91 Å². The number of carbonyl (C=O) groups excluding carboxylic acids is 2. The van der Waals surface area contributed by atoms with Crippen LogP contribution in [0.5, 0.6) is 0 Å². The van der Waals surface area contributed by atoms with Crippen molar-refractivity contribution in [2.24, 2.45) is 0 Å². The Morgan fingerprint density at radius 2 is 1.92 bits per heavy atom. The second-order valence-corrected chi connectivity index (χ2v) is 7.43. The second-order valence-electron chi connectivity index (χ2n) is 6.21. The largest absolute Gasteiger partial charge is 0.462 e. The standard InChI is InChI=1S/C17H26N2O4S/c1-6-22-17(21)15-12(4)13(5)24-16(15)18-14(20)9-19-7-10(2)23-11(3)8-19/h10-11H,6-9H2,1-5H3,(H,18,20). The lowest BCUT2D eigenvalue weighted by atomic mass is 10.1. The molecule has 1 aromatic rings. The van der Waals surface area contributed by atoms with Crippen molar-refractivity contribution in [2.45, 2.75) is 46.8 Å². The number of nitrogens with one attached hydrogen (secondary N) is 1. The minimum Gasteiger partial charge on any atom is -0.462 e. The predicted octanol–water partition coefficient (Wildman–Crippen LogP) is 2.59. The highest BCUT2D eigenvalue weighted by atomic mass is 32.1. The molecule has 2 rings (SSSR count). The molecule has 1 amide bonds. The first kappa shape index (κ1) is 18.9. The first-order valence-electron chi connectivity index (χ1n) is 8.26. The molecule has 1 N–H and O–H groups in total. The van der Waals surface area contributed by atoms with Crippen LogP contribution in [0.3, 0.4) is 0 Å². The van der Waals surface area contributed by atoms with Gasteiger partial charge in [-0.15, -0.1) is 11.3 Å². The molecule has 2 heterocycles. The summed E-state index contributed by atoms with van der Waals surface area (Å²) in [5.74, 6) is -0.508. The Morgan fingerprint density at radius 3 is 2.50 bits per heavy atom. The Balaban J connectivity index is 2.06. The van der Waals surface area contributed by atoms with Gasteiger partial charge in [0, 0.05) is 18.0 Å². The maximum atomic E-state index is 12.4. The SMILES string of the molecule is CCOC(=O)c1c(NC(=O)CN2CC(C)OC(C)C2)sc(C)c1C. The molecule has 24 heavy (non-hydrogen) atoms. The number of aryl methyl sites for hydroxylation is 1. The predicted molar refractivity (Wildman–Crippen MR) is 94.8 cm³/mol. The quantitative estimate of drug-likeness (QED) is 0.823. The van der Waals surface area contributed by atoms with Gasteiger partial charge in [-0.1, -0.05) is 0 Å². The molecule has 0 aliphatic carbocycles. The summed E-state index contributed by atoms with van der Waals surface area (Å²) >= 11 is 1.41. The van der Waals surface area contributed by atoms with Crippen LogP contribution in [0.1, 0.15) is 41.6 Å². The van der Waals surface area contributed by atoms with Gasteiger partial charge in [-0.25, -0.2) is 4.79 Å². The molecule has 0 aromatic carbocycles. The van der Waals surface area contributed by atoms with Crippen LogP contribution in [0.4, 0.5) is 5.00 Å². The van der Waals surface area contributed by atoms with Crippen molar-refractivity contribution in [1.82, 2.24) is 4.90 Å². The van der Waals surface area contributed by atoms with E-state index in [1.807, 2.05) is 27.7 Å². The molecule has 134 valence electrons. The molecule has 0 radical (unpaired) electrons. The van der Waals surface area contributed by atoms with Crippen molar-refractivity contribution in [2.75, 3.05) is 31.6 Å². The van der Waals surface area contributed by atoms with Crippen molar-refractivity contribution in [3.63, 3.8) is 0 Å². The number of amides is 1. The fourth-order valence-electron chi connectivity index (χ4n) is 2.95. The van der Waals surface area contributed by atoms with E-state index in [1.165, 1.54) is 11.3 Å². The zero-order chi connectivity index (χ0) is 17.9. The summed E-state index contributed by atoms with van der Waals surface area (Å²) in [6.45, 7) is 11.6. The fourth-order valence-corrected chi connectivity index (χ4v) is 4.01. The smallest absolute Gasteiger partial charge is 0.341 e. The minimum absolute atomic E-state index is 0.114. The number of rotatable bonds is 5. The van der Waals surface area contributed by atoms with Crippen LogP contribution in [0.2, 0.25) is 0 Å². The van der Waals surface area contributed by atoms with Crippen LogP contribution in [0.15, 0.2) is 0 Å². The van der Waals surface area contributed by atoms with Crippen molar-refractivity contribution >= 4 is 28.2 Å². The summed E-state index contributed by atoms with van der Waals surface area (Å²) in [6, 6.07) is 0. The molecule has 1 aromatic heterocycles. The molecule has 7 heteroatoms. The number of morpholine rings is 1. The van der Waals surface area contributed by atoms with Crippen LogP contribution in [-0.2, 0) is 14.3 Å². The lowest BCUT2D eigenvalue weighted by molar-refractivity contribution is -0.121. The third-order valence-corrected chi connectivity index (χ3v) is 5.10. The Hall–Kier alpha value is -1.44. The van der Waals surface area contributed by atoms with E-state index in [1.54, 1.807) is 6.92 Å². The lowest BCUT2D eigenvalue weighted by Gasteiger charge is -2.34. The summed E-state index contributed by atoms with van der Waals surface area (Å²) in [5, 5.41) is 3.46. The number of carbonyl (C=O) groups is 2. The zero-order valence-corrected chi connectivity index (χ0v) is 15.8. The third kappa shape index (κ3) is 4.55. The molecule has 1 fully saturated rings. The summed E-state index contributed by atoms with van der Waals surface area (Å²) in [7, 11) is 0. The van der Waals surface area contributed by atoms with Gasteiger partial charge in [-0.3, -0.25) is 9.69 Å². The van der Waals surface area contributed by atoms with E-state index in [2.05, 4.69) is 10.2 Å². The zero-order valence-electron chi connectivity index (χ0n) is 15.0. The maximum Gasteiger partial charge on any atom is 0.341 e. The number of esters is 1. The summed E-state index contributed by atoms with van der Waals surface area (Å²) < 4.78 is 10.8. The third-order valence-electron chi connectivity index (χ3n) is 3.98. The van der Waals surface area contributed by atoms with Gasteiger partial charge < -0.3 is 14.8 Å². The Labute approximate surface area is 147 Å². The molecule has 6 nitrogen and oxygen atoms in total. The van der Waals surface area contributed by atoms with E-state index in [9.17, 15) is 9.59 Å². The number of hydrogen-bond acceptors (Lipinski definition) is 6. The molecular formula is C17H26N2O4S. The van der Waals surface area contributed by atoms with Gasteiger partial charge >= 0.3 is 5.97 Å². The van der Waals surface area contributed by atoms with E-state index in [4.69, 9.17) is 9.47 Å². The molecule has 2 atom stereocenters. The first-order valence-corrected chi connectivity index (χ1v) is 9.08. The molecule has 2 unspecified atom stereocenters. The summed E-state index contributed by atoms with van der Waals surface area (Å²) in [4.78, 5) is 27.6. The highest BCUT2D eigenvalue weighted by Gasteiger charge is 2.26. The molecule has 1 saturated heterocycles. The lowest BCUT2D eigenvalue weighted by Crippen LogP contribution is -2.48. The number of ether oxygens (including phenoxy) is 2. The first-order chi connectivity index (χ1) is 11.3. The molecular weight excluding hydrogens is 328 g/mol. The molecule has 0 bridgehead atoms. The van der Waals surface area contributed by atoms with Gasteiger partial charge in [0.1, 0.15) is 5.00 Å². The van der Waals surface area contributed by atoms with Crippen molar-refractivity contribution in [1.29, 1.82) is 0 Å². The average Bonchev–Trinajstić information content (AvgIpc) is 2.72.